The number of carbonyl (C=O) groups is 2. The largest absolute Gasteiger partial charge is 0.472 e. The van der Waals surface area contributed by atoms with Gasteiger partial charge >= 0.3 is 19.8 Å². The minimum atomic E-state index is -4.42. The molecule has 0 aliphatic rings. The lowest BCUT2D eigenvalue weighted by molar-refractivity contribution is -0.870. The Morgan fingerprint density at radius 2 is 0.600 bits per heavy atom. The lowest BCUT2D eigenvalue weighted by Gasteiger charge is -2.24. The fourth-order valence-corrected chi connectivity index (χ4v) is 9.55. The molecule has 0 fully saturated rings. The van der Waals surface area contributed by atoms with Crippen molar-refractivity contribution in [1.82, 2.24) is 0 Å². The van der Waals surface area contributed by atoms with Crippen LogP contribution < -0.4 is 0 Å². The number of phosphoric acid groups is 1. The first-order valence-corrected chi connectivity index (χ1v) is 36.7. The average molecular weight is 1260 g/mol. The van der Waals surface area contributed by atoms with Crippen LogP contribution in [0, 0.1) is 0 Å². The zero-order chi connectivity index (χ0) is 65.5. The summed E-state index contributed by atoms with van der Waals surface area (Å²) in [6, 6.07) is 0. The number of ether oxygens (including phenoxy) is 2. The maximum Gasteiger partial charge on any atom is 0.472 e. The summed E-state index contributed by atoms with van der Waals surface area (Å²) in [6.45, 7) is 4.14. The molecule has 0 aromatic heterocycles. The molecule has 0 spiro atoms. The smallest absolute Gasteiger partial charge is 0.462 e. The van der Waals surface area contributed by atoms with Crippen molar-refractivity contribution in [3.8, 4) is 0 Å². The van der Waals surface area contributed by atoms with Crippen LogP contribution in [0.3, 0.4) is 0 Å². The molecule has 2 atom stereocenters. The van der Waals surface area contributed by atoms with Crippen LogP contribution in [0.25, 0.3) is 0 Å². The van der Waals surface area contributed by atoms with Gasteiger partial charge in [-0.05, 0) is 141 Å². The number of quaternary nitrogens is 1. The Bertz CT molecular complexity index is 2220. The van der Waals surface area contributed by atoms with Crippen LogP contribution >= 0.6 is 7.82 Å². The first kappa shape index (κ1) is 84.8. The molecule has 9 nitrogen and oxygen atoms in total. The van der Waals surface area contributed by atoms with E-state index in [1.54, 1.807) is 0 Å². The van der Waals surface area contributed by atoms with E-state index in [0.717, 1.165) is 135 Å². The third-order valence-electron chi connectivity index (χ3n) is 14.1. The zero-order valence-electron chi connectivity index (χ0n) is 57.5. The maximum absolute atomic E-state index is 12.9. The Balaban J connectivity index is 4.16. The second-order valence-corrected chi connectivity index (χ2v) is 25.3. The lowest BCUT2D eigenvalue weighted by Crippen LogP contribution is -2.37. The van der Waals surface area contributed by atoms with Gasteiger partial charge in [-0.25, -0.2) is 4.57 Å². The van der Waals surface area contributed by atoms with Gasteiger partial charge in [0.15, 0.2) is 6.10 Å². The second-order valence-electron chi connectivity index (χ2n) is 23.8. The summed E-state index contributed by atoms with van der Waals surface area (Å²) in [5, 5.41) is 0. The second kappa shape index (κ2) is 68.2. The maximum atomic E-state index is 12.9. The number of hydrogen-bond acceptors (Lipinski definition) is 7. The summed E-state index contributed by atoms with van der Waals surface area (Å²) in [5.41, 5.74) is 0. The number of hydrogen-bond donors (Lipinski definition) is 1. The topological polar surface area (TPSA) is 108 Å². The number of allylic oxidation sites excluding steroid dienone is 32. The van der Waals surface area contributed by atoms with Gasteiger partial charge < -0.3 is 18.9 Å². The number of likely N-dealkylation sites (N-methyl/N-ethyl adjacent to an activating group) is 1. The molecule has 506 valence electrons. The van der Waals surface area contributed by atoms with Crippen molar-refractivity contribution in [2.75, 3.05) is 47.5 Å². The molecule has 0 bridgehead atoms. The van der Waals surface area contributed by atoms with Gasteiger partial charge in [0.2, 0.25) is 0 Å². The third kappa shape index (κ3) is 71.9. The first-order chi connectivity index (χ1) is 44.0. The number of rotatable bonds is 62. The van der Waals surface area contributed by atoms with Crippen LogP contribution in [0.2, 0.25) is 0 Å². The van der Waals surface area contributed by atoms with Gasteiger partial charge in [0.25, 0.3) is 0 Å². The van der Waals surface area contributed by atoms with E-state index in [9.17, 15) is 19.0 Å². The highest BCUT2D eigenvalue weighted by molar-refractivity contribution is 7.47. The molecule has 0 radical (unpaired) electrons. The SMILES string of the molecule is CC/C=C\C/C=C\C/C=C\C/C=C\C/C=C\C/C=C\C/C=C\C/C=C\CCCCCCCCCCCCCCCCC(=O)OC(COC(=O)CCCC/C=C\C/C=C\C/C=C\C/C=C\C/C=C\C/C=C\C/C=C\C/C=C\CC)COP(=O)(O)OCC[N+](C)(C)C. The van der Waals surface area contributed by atoms with Crippen molar-refractivity contribution in [2.45, 2.75) is 251 Å². The molecule has 10 heteroatoms. The van der Waals surface area contributed by atoms with E-state index in [4.69, 9.17) is 18.5 Å². The predicted molar refractivity (Wildman–Crippen MR) is 389 cm³/mol. The van der Waals surface area contributed by atoms with Crippen LogP contribution in [0.5, 0.6) is 0 Å². The zero-order valence-corrected chi connectivity index (χ0v) is 58.4. The molecule has 0 rings (SSSR count). The van der Waals surface area contributed by atoms with Crippen LogP contribution in [-0.2, 0) is 32.7 Å². The van der Waals surface area contributed by atoms with Crippen molar-refractivity contribution in [3.05, 3.63) is 194 Å². The van der Waals surface area contributed by atoms with Crippen LogP contribution in [0.1, 0.15) is 245 Å². The molecule has 1 N–H and O–H groups in total. The average Bonchev–Trinajstić information content (AvgIpc) is 3.58. The van der Waals surface area contributed by atoms with Gasteiger partial charge in [0.05, 0.1) is 27.7 Å². The molecule has 0 aliphatic carbocycles. The van der Waals surface area contributed by atoms with Crippen molar-refractivity contribution in [2.24, 2.45) is 0 Å². The van der Waals surface area contributed by atoms with E-state index >= 15 is 0 Å². The highest BCUT2D eigenvalue weighted by Gasteiger charge is 2.27. The van der Waals surface area contributed by atoms with Crippen LogP contribution in [0.15, 0.2) is 194 Å². The van der Waals surface area contributed by atoms with E-state index in [2.05, 4.69) is 208 Å². The van der Waals surface area contributed by atoms with Crippen LogP contribution in [-0.4, -0.2) is 74.9 Å². The Morgan fingerprint density at radius 1 is 0.344 bits per heavy atom. The molecular weight excluding hydrogens is 1130 g/mol. The highest BCUT2D eigenvalue weighted by atomic mass is 31.2. The Kier molecular flexibility index (Phi) is 64.3. The minimum Gasteiger partial charge on any atom is -0.462 e. The van der Waals surface area contributed by atoms with Crippen LogP contribution in [0.4, 0.5) is 0 Å². The van der Waals surface area contributed by atoms with Gasteiger partial charge in [-0.1, -0.05) is 285 Å². The quantitative estimate of drug-likeness (QED) is 0.0211. The molecule has 90 heavy (non-hydrogen) atoms. The number of carbonyl (C=O) groups excluding carboxylic acids is 2. The Labute approximate surface area is 552 Å². The van der Waals surface area contributed by atoms with E-state index in [-0.39, 0.29) is 26.1 Å². The number of unbranched alkanes of at least 4 members (excludes halogenated alkanes) is 16. The number of phosphoric ester groups is 1. The van der Waals surface area contributed by atoms with E-state index in [0.29, 0.717) is 23.9 Å². The van der Waals surface area contributed by atoms with E-state index in [1.807, 2.05) is 21.1 Å². The lowest BCUT2D eigenvalue weighted by atomic mass is 10.0. The molecule has 0 aromatic carbocycles. The fourth-order valence-electron chi connectivity index (χ4n) is 8.81. The van der Waals surface area contributed by atoms with Gasteiger partial charge in [-0.2, -0.15) is 0 Å². The van der Waals surface area contributed by atoms with Gasteiger partial charge in [-0.15, -0.1) is 0 Å². The molecule has 0 amide bonds. The molecule has 0 saturated carbocycles. The van der Waals surface area contributed by atoms with E-state index in [1.165, 1.54) is 70.6 Å². The molecule has 0 heterocycles. The number of nitrogens with zero attached hydrogens (tertiary/aromatic N) is 1. The summed E-state index contributed by atoms with van der Waals surface area (Å²) in [4.78, 5) is 35.9. The van der Waals surface area contributed by atoms with Gasteiger partial charge in [0, 0.05) is 12.8 Å². The summed E-state index contributed by atoms with van der Waals surface area (Å²) >= 11 is 0. The van der Waals surface area contributed by atoms with Crippen molar-refractivity contribution in [3.63, 3.8) is 0 Å². The van der Waals surface area contributed by atoms with E-state index < -0.39 is 32.5 Å². The summed E-state index contributed by atoms with van der Waals surface area (Å²) in [5.74, 6) is -0.861. The third-order valence-corrected chi connectivity index (χ3v) is 15.1. The molecule has 0 aliphatic heterocycles. The Morgan fingerprint density at radius 3 is 0.911 bits per heavy atom. The van der Waals surface area contributed by atoms with Crippen molar-refractivity contribution < 1.29 is 42.1 Å². The summed E-state index contributed by atoms with van der Waals surface area (Å²) in [6.07, 6.45) is 107. The normalized spacial score (nSPS) is 14.3. The minimum absolute atomic E-state index is 0.0144. The predicted octanol–water partition coefficient (Wildman–Crippen LogP) is 23.3. The van der Waals surface area contributed by atoms with Crippen molar-refractivity contribution >= 4 is 19.8 Å². The molecule has 2 unspecified atom stereocenters. The van der Waals surface area contributed by atoms with Crippen molar-refractivity contribution in [1.29, 1.82) is 0 Å². The van der Waals surface area contributed by atoms with Gasteiger partial charge in [0.1, 0.15) is 19.8 Å². The Hall–Kier alpha value is -5.15. The molecular formula is C80H129NO8P+. The first-order valence-electron chi connectivity index (χ1n) is 35.2. The monoisotopic (exact) mass is 1260 g/mol. The molecule has 0 saturated heterocycles. The highest BCUT2D eigenvalue weighted by Crippen LogP contribution is 2.43. The molecule has 0 aromatic rings. The number of esters is 2. The summed E-state index contributed by atoms with van der Waals surface area (Å²) < 4.78 is 34.6. The van der Waals surface area contributed by atoms with Gasteiger partial charge in [-0.3, -0.25) is 18.6 Å². The standard InChI is InChI=1S/C80H128NO8P/c1-6-8-10-12-14-16-18-20-22-24-26-28-30-32-34-35-36-37-38-39-40-41-42-43-44-45-47-49-51-53-55-57-59-61-63-65-67-69-71-73-80(83)89-78(77-88-90(84,85)87-75-74-81(3,4)5)76-86-79(82)72-70-68-66-64-62-60-58-56-54-52-50-48-46-33-31-29-27-25-23-21-19-17-15-13-11-9-7-2/h8-11,14-17,20-23,26-29,32-34,36-37,39-40,42-43,46,50,52,56,58,62,64,78H,6-7,12-13,18-19,24-25,30-31,35,38,41,44-45,47-49,51,53-55,57,59-61,63,65-77H2,1-5H3/p+1/b10-8-,11-9-,16-14-,17-15-,22-20-,23-21-,28-26-,29-27-,34-32-,37-36-,40-39-,43-42-,46-33-,52-50-,58-56-,64-62-. The summed E-state index contributed by atoms with van der Waals surface area (Å²) in [7, 11) is 1.43. The fraction of sp³-hybridized carbons (Fsp3) is 0.575.